The van der Waals surface area contributed by atoms with Crippen LogP contribution in [0.15, 0.2) is 22.7 Å². The van der Waals surface area contributed by atoms with Crippen LogP contribution in [0.25, 0.3) is 0 Å². The van der Waals surface area contributed by atoms with E-state index in [0.717, 1.165) is 12.8 Å². The molecule has 1 aromatic rings. The lowest BCUT2D eigenvalue weighted by atomic mass is 9.94. The van der Waals surface area contributed by atoms with E-state index in [9.17, 15) is 9.18 Å². The quantitative estimate of drug-likeness (QED) is 0.723. The molecular formula is C13H16BrFO. The van der Waals surface area contributed by atoms with Gasteiger partial charge in [-0.25, -0.2) is 4.39 Å². The first-order valence-corrected chi connectivity index (χ1v) is 6.36. The summed E-state index contributed by atoms with van der Waals surface area (Å²) in [6.45, 7) is 4.14. The Morgan fingerprint density at radius 3 is 2.56 bits per heavy atom. The van der Waals surface area contributed by atoms with Crippen LogP contribution in [0.4, 0.5) is 4.39 Å². The highest BCUT2D eigenvalue weighted by molar-refractivity contribution is 9.10. The Hall–Kier alpha value is -0.700. The molecule has 0 bridgehead atoms. The topological polar surface area (TPSA) is 17.1 Å². The number of carbonyl (C=O) groups is 1. The zero-order valence-electron chi connectivity index (χ0n) is 9.59. The predicted molar refractivity (Wildman–Crippen MR) is 67.1 cm³/mol. The predicted octanol–water partition coefficient (Wildman–Crippen LogP) is 4.60. The first-order valence-electron chi connectivity index (χ1n) is 5.56. The maximum absolute atomic E-state index is 13.0. The lowest BCUT2D eigenvalue weighted by Crippen LogP contribution is -2.08. The van der Waals surface area contributed by atoms with Crippen molar-refractivity contribution < 1.29 is 9.18 Å². The number of halogens is 2. The van der Waals surface area contributed by atoms with Crippen LogP contribution in [0.3, 0.4) is 0 Å². The maximum Gasteiger partial charge on any atom is 0.164 e. The molecule has 0 saturated carbocycles. The minimum Gasteiger partial charge on any atom is -0.294 e. The maximum atomic E-state index is 13.0. The van der Waals surface area contributed by atoms with Gasteiger partial charge in [0, 0.05) is 16.5 Å². The molecule has 1 aromatic carbocycles. The minimum atomic E-state index is -0.365. The Morgan fingerprint density at radius 2 is 2.00 bits per heavy atom. The van der Waals surface area contributed by atoms with Gasteiger partial charge in [-0.05, 0) is 24.1 Å². The molecule has 0 N–H and O–H groups in total. The van der Waals surface area contributed by atoms with Gasteiger partial charge in [0.25, 0.3) is 0 Å². The Balaban J connectivity index is 2.83. The van der Waals surface area contributed by atoms with Crippen molar-refractivity contribution in [2.75, 3.05) is 0 Å². The molecule has 0 aliphatic rings. The summed E-state index contributed by atoms with van der Waals surface area (Å²) in [5.74, 6) is 0.0406. The Labute approximate surface area is 104 Å². The van der Waals surface area contributed by atoms with E-state index < -0.39 is 0 Å². The average Bonchev–Trinajstić information content (AvgIpc) is 2.28. The molecule has 16 heavy (non-hydrogen) atoms. The lowest BCUT2D eigenvalue weighted by molar-refractivity contribution is 0.0957. The average molecular weight is 287 g/mol. The molecule has 0 heterocycles. The van der Waals surface area contributed by atoms with Gasteiger partial charge in [0.2, 0.25) is 0 Å². The molecule has 0 fully saturated rings. The van der Waals surface area contributed by atoms with Gasteiger partial charge in [0.15, 0.2) is 5.78 Å². The SMILES string of the molecule is CCC(CC)CC(=O)c1cc(F)ccc1Br. The van der Waals surface area contributed by atoms with Crippen molar-refractivity contribution >= 4 is 21.7 Å². The molecule has 0 spiro atoms. The smallest absolute Gasteiger partial charge is 0.164 e. The summed E-state index contributed by atoms with van der Waals surface area (Å²) in [5.41, 5.74) is 0.451. The van der Waals surface area contributed by atoms with Crippen molar-refractivity contribution in [2.45, 2.75) is 33.1 Å². The largest absolute Gasteiger partial charge is 0.294 e. The summed E-state index contributed by atoms with van der Waals surface area (Å²) in [7, 11) is 0. The van der Waals surface area contributed by atoms with Gasteiger partial charge in [-0.3, -0.25) is 4.79 Å². The molecule has 1 rings (SSSR count). The van der Waals surface area contributed by atoms with Gasteiger partial charge in [0.1, 0.15) is 5.82 Å². The monoisotopic (exact) mass is 286 g/mol. The molecule has 0 aromatic heterocycles. The van der Waals surface area contributed by atoms with E-state index in [2.05, 4.69) is 29.8 Å². The van der Waals surface area contributed by atoms with Crippen LogP contribution in [0.5, 0.6) is 0 Å². The molecule has 0 atom stereocenters. The van der Waals surface area contributed by atoms with E-state index in [0.29, 0.717) is 22.4 Å². The molecule has 88 valence electrons. The molecule has 0 unspecified atom stereocenters. The van der Waals surface area contributed by atoms with E-state index in [-0.39, 0.29) is 11.6 Å². The number of hydrogen-bond acceptors (Lipinski definition) is 1. The second-order valence-electron chi connectivity index (χ2n) is 3.93. The number of hydrogen-bond donors (Lipinski definition) is 0. The van der Waals surface area contributed by atoms with Gasteiger partial charge in [-0.1, -0.05) is 42.6 Å². The Bertz CT molecular complexity index is 372. The molecule has 0 aliphatic carbocycles. The lowest BCUT2D eigenvalue weighted by Gasteiger charge is -2.11. The van der Waals surface area contributed by atoms with Crippen molar-refractivity contribution in [3.05, 3.63) is 34.1 Å². The summed E-state index contributed by atoms with van der Waals surface area (Å²) < 4.78 is 13.7. The van der Waals surface area contributed by atoms with Crippen LogP contribution in [-0.4, -0.2) is 5.78 Å². The first kappa shape index (κ1) is 13.4. The molecule has 0 amide bonds. The van der Waals surface area contributed by atoms with E-state index in [1.807, 2.05) is 0 Å². The van der Waals surface area contributed by atoms with Crippen molar-refractivity contribution in [3.63, 3.8) is 0 Å². The van der Waals surface area contributed by atoms with Gasteiger partial charge < -0.3 is 0 Å². The number of Topliss-reactive ketones (excluding diaryl/α,β-unsaturated/α-hetero) is 1. The van der Waals surface area contributed by atoms with Crippen LogP contribution in [-0.2, 0) is 0 Å². The fourth-order valence-corrected chi connectivity index (χ4v) is 2.13. The molecule has 3 heteroatoms. The standard InChI is InChI=1S/C13H16BrFO/c1-3-9(4-2)7-13(16)11-8-10(15)5-6-12(11)14/h5-6,8-9H,3-4,7H2,1-2H3. The third-order valence-electron chi connectivity index (χ3n) is 2.86. The van der Waals surface area contributed by atoms with E-state index in [1.54, 1.807) is 6.07 Å². The molecule has 0 saturated heterocycles. The number of benzene rings is 1. The van der Waals surface area contributed by atoms with Crippen LogP contribution < -0.4 is 0 Å². The van der Waals surface area contributed by atoms with E-state index in [1.165, 1.54) is 12.1 Å². The van der Waals surface area contributed by atoms with Crippen molar-refractivity contribution in [2.24, 2.45) is 5.92 Å². The zero-order valence-corrected chi connectivity index (χ0v) is 11.2. The normalized spacial score (nSPS) is 10.8. The van der Waals surface area contributed by atoms with Crippen LogP contribution in [0.2, 0.25) is 0 Å². The van der Waals surface area contributed by atoms with Crippen LogP contribution in [0.1, 0.15) is 43.5 Å². The second-order valence-corrected chi connectivity index (χ2v) is 4.79. The van der Waals surface area contributed by atoms with Gasteiger partial charge in [-0.2, -0.15) is 0 Å². The molecule has 0 radical (unpaired) electrons. The highest BCUT2D eigenvalue weighted by Gasteiger charge is 2.15. The number of carbonyl (C=O) groups excluding carboxylic acids is 1. The zero-order chi connectivity index (χ0) is 12.1. The highest BCUT2D eigenvalue weighted by Crippen LogP contribution is 2.22. The van der Waals surface area contributed by atoms with Crippen LogP contribution >= 0.6 is 15.9 Å². The third kappa shape index (κ3) is 3.41. The first-order chi connectivity index (χ1) is 7.58. The summed E-state index contributed by atoms with van der Waals surface area (Å²) in [4.78, 5) is 11.9. The molecular weight excluding hydrogens is 271 g/mol. The van der Waals surface area contributed by atoms with E-state index in [4.69, 9.17) is 0 Å². The van der Waals surface area contributed by atoms with Gasteiger partial charge in [0.05, 0.1) is 0 Å². The third-order valence-corrected chi connectivity index (χ3v) is 3.55. The minimum absolute atomic E-state index is 0.0140. The van der Waals surface area contributed by atoms with Crippen molar-refractivity contribution in [1.29, 1.82) is 0 Å². The number of ketones is 1. The number of rotatable bonds is 5. The van der Waals surface area contributed by atoms with Crippen molar-refractivity contribution in [3.8, 4) is 0 Å². The van der Waals surface area contributed by atoms with E-state index >= 15 is 0 Å². The van der Waals surface area contributed by atoms with Crippen LogP contribution in [0, 0.1) is 11.7 Å². The fourth-order valence-electron chi connectivity index (χ4n) is 1.66. The summed E-state index contributed by atoms with van der Waals surface area (Å²) in [6.07, 6.45) is 2.46. The van der Waals surface area contributed by atoms with Gasteiger partial charge in [-0.15, -0.1) is 0 Å². The highest BCUT2D eigenvalue weighted by atomic mass is 79.9. The summed E-state index contributed by atoms with van der Waals surface area (Å²) in [6, 6.07) is 4.22. The van der Waals surface area contributed by atoms with Crippen molar-refractivity contribution in [1.82, 2.24) is 0 Å². The summed E-state index contributed by atoms with van der Waals surface area (Å²) in [5, 5.41) is 0. The molecule has 0 aliphatic heterocycles. The van der Waals surface area contributed by atoms with Gasteiger partial charge >= 0.3 is 0 Å². The fraction of sp³-hybridized carbons (Fsp3) is 0.462. The Kier molecular flexibility index (Phi) is 5.13. The molecule has 1 nitrogen and oxygen atoms in total. The summed E-state index contributed by atoms with van der Waals surface area (Å²) >= 11 is 3.28. The Morgan fingerprint density at radius 1 is 1.38 bits per heavy atom. The second kappa shape index (κ2) is 6.14.